The number of H-pyrrole nitrogens is 1. The number of rotatable bonds is 2. The van der Waals surface area contributed by atoms with Crippen molar-refractivity contribution in [3.63, 3.8) is 0 Å². The molecule has 7 nitrogen and oxygen atoms in total. The Morgan fingerprint density at radius 3 is 2.82 bits per heavy atom. The molecule has 0 radical (unpaired) electrons. The molecule has 1 saturated heterocycles. The maximum Gasteiger partial charge on any atom is 0.274 e. The zero-order valence-corrected chi connectivity index (χ0v) is 18.4. The second-order valence-corrected chi connectivity index (χ2v) is 8.94. The van der Waals surface area contributed by atoms with Crippen LogP contribution in [0.4, 0.5) is 10.1 Å². The number of imidazole rings is 1. The fourth-order valence-electron chi connectivity index (χ4n) is 4.95. The van der Waals surface area contributed by atoms with E-state index in [4.69, 9.17) is 16.3 Å². The number of benzene rings is 2. The van der Waals surface area contributed by atoms with Gasteiger partial charge in [0.1, 0.15) is 17.2 Å². The molecule has 2 aromatic heterocycles. The number of anilines is 1. The average Bonchev–Trinajstić information content (AvgIpc) is 3.44. The Bertz CT molecular complexity index is 1490. The highest BCUT2D eigenvalue weighted by atomic mass is 35.5. The first-order chi connectivity index (χ1) is 16.0. The molecule has 9 heteroatoms. The summed E-state index contributed by atoms with van der Waals surface area (Å²) in [6.45, 7) is 1.68. The topological polar surface area (TPSA) is 79.7 Å². The number of carbonyl (C=O) groups excluding carboxylic acids is 1. The molecule has 0 atom stereocenters. The van der Waals surface area contributed by atoms with Crippen molar-refractivity contribution in [2.75, 3.05) is 24.7 Å². The largest absolute Gasteiger partial charge is 0.381 e. The third-order valence-electron chi connectivity index (χ3n) is 6.60. The summed E-state index contributed by atoms with van der Waals surface area (Å²) in [6.07, 6.45) is 3.74. The molecular weight excluding hydrogens is 447 g/mol. The highest BCUT2D eigenvalue weighted by Gasteiger charge is 2.29. The lowest BCUT2D eigenvalue weighted by Gasteiger charge is -2.21. The summed E-state index contributed by atoms with van der Waals surface area (Å²) in [4.78, 5) is 34.9. The first-order valence-corrected chi connectivity index (χ1v) is 11.3. The molecule has 1 N–H and O–H groups in total. The van der Waals surface area contributed by atoms with Crippen LogP contribution in [-0.4, -0.2) is 40.0 Å². The van der Waals surface area contributed by atoms with Gasteiger partial charge in [-0.15, -0.1) is 0 Å². The molecule has 168 valence electrons. The number of amides is 1. The summed E-state index contributed by atoms with van der Waals surface area (Å²) in [5, 5.41) is 0.599. The number of hydrogen-bond donors (Lipinski definition) is 1. The summed E-state index contributed by atoms with van der Waals surface area (Å²) in [5.74, 6) is -0.265. The number of nitrogens with zero attached hydrogens (tertiary/aromatic N) is 3. The average molecular weight is 467 g/mol. The Hall–Kier alpha value is -3.23. The van der Waals surface area contributed by atoms with Crippen LogP contribution in [0.15, 0.2) is 41.3 Å². The molecule has 2 aliphatic rings. The van der Waals surface area contributed by atoms with E-state index in [1.54, 1.807) is 21.4 Å². The van der Waals surface area contributed by atoms with Crippen LogP contribution in [0.2, 0.25) is 5.02 Å². The van der Waals surface area contributed by atoms with Crippen LogP contribution in [0.3, 0.4) is 0 Å². The fourth-order valence-corrected chi connectivity index (χ4v) is 5.14. The van der Waals surface area contributed by atoms with Crippen LogP contribution in [0, 0.1) is 5.82 Å². The maximum atomic E-state index is 15.4. The number of hydrogen-bond acceptors (Lipinski definition) is 4. The molecule has 6 rings (SSSR count). The van der Waals surface area contributed by atoms with Gasteiger partial charge in [0.05, 0.1) is 22.8 Å². The standard InChI is InChI=1S/C24H20ClFN4O3/c25-15-1-2-19-14(9-15)3-6-29(19)24(32)16-10-18-20(11-17(16)26)30-21(23(31)28-18)12-27-22(30)13-4-7-33-8-5-13/h1-2,9-13H,3-8H2,(H,28,31). The number of nitrogens with one attached hydrogen (secondary N) is 1. The van der Waals surface area contributed by atoms with E-state index in [9.17, 15) is 9.59 Å². The Morgan fingerprint density at radius 1 is 1.18 bits per heavy atom. The minimum Gasteiger partial charge on any atom is -0.381 e. The van der Waals surface area contributed by atoms with Crippen LogP contribution in [-0.2, 0) is 11.2 Å². The number of aromatic nitrogens is 3. The monoisotopic (exact) mass is 466 g/mol. The normalized spacial score (nSPS) is 16.6. The minimum atomic E-state index is -0.644. The first kappa shape index (κ1) is 20.4. The number of halogens is 2. The molecule has 1 amide bonds. The lowest BCUT2D eigenvalue weighted by atomic mass is 9.99. The van der Waals surface area contributed by atoms with Crippen LogP contribution in [0.25, 0.3) is 16.6 Å². The SMILES string of the molecule is O=C(c1cc2[nH]c(=O)c3cnc(C4CCOCC4)n3c2cc1F)N1CCc2cc(Cl)ccc21. The predicted molar refractivity (Wildman–Crippen MR) is 123 cm³/mol. The number of fused-ring (bicyclic) bond motifs is 4. The van der Waals surface area contributed by atoms with E-state index in [1.165, 1.54) is 18.3 Å². The van der Waals surface area contributed by atoms with Crippen LogP contribution in [0.1, 0.15) is 40.5 Å². The number of aromatic amines is 1. The van der Waals surface area contributed by atoms with Gasteiger partial charge in [-0.1, -0.05) is 11.6 Å². The van der Waals surface area contributed by atoms with Gasteiger partial charge in [-0.25, -0.2) is 9.37 Å². The van der Waals surface area contributed by atoms with Gasteiger partial charge in [0.25, 0.3) is 11.5 Å². The molecule has 0 saturated carbocycles. The Labute approximate surface area is 192 Å². The van der Waals surface area contributed by atoms with Gasteiger partial charge in [-0.3, -0.25) is 14.0 Å². The van der Waals surface area contributed by atoms with Crippen molar-refractivity contribution in [1.29, 1.82) is 0 Å². The summed E-state index contributed by atoms with van der Waals surface area (Å²) in [6, 6.07) is 8.06. The summed E-state index contributed by atoms with van der Waals surface area (Å²) in [5.41, 5.74) is 2.47. The third kappa shape index (κ3) is 3.24. The zero-order chi connectivity index (χ0) is 22.7. The van der Waals surface area contributed by atoms with E-state index in [0.717, 1.165) is 24.1 Å². The summed E-state index contributed by atoms with van der Waals surface area (Å²) in [7, 11) is 0. The molecule has 4 aromatic rings. The number of ether oxygens (including phenoxy) is 1. The van der Waals surface area contributed by atoms with Crippen molar-refractivity contribution >= 4 is 39.7 Å². The lowest BCUT2D eigenvalue weighted by molar-refractivity contribution is 0.0835. The van der Waals surface area contributed by atoms with E-state index in [1.807, 2.05) is 6.07 Å². The zero-order valence-electron chi connectivity index (χ0n) is 17.6. The number of carbonyl (C=O) groups is 1. The molecule has 2 aromatic carbocycles. The quantitative estimate of drug-likeness (QED) is 0.483. The molecule has 0 aliphatic carbocycles. The molecule has 1 fully saturated rings. The van der Waals surface area contributed by atoms with Gasteiger partial charge in [-0.2, -0.15) is 0 Å². The van der Waals surface area contributed by atoms with E-state index in [-0.39, 0.29) is 17.0 Å². The second kappa shape index (κ2) is 7.67. The van der Waals surface area contributed by atoms with Crippen LogP contribution < -0.4 is 10.5 Å². The Morgan fingerprint density at radius 2 is 2.00 bits per heavy atom. The summed E-state index contributed by atoms with van der Waals surface area (Å²) >= 11 is 6.07. The van der Waals surface area contributed by atoms with Crippen molar-refractivity contribution in [3.05, 3.63) is 74.7 Å². The molecule has 0 bridgehead atoms. The van der Waals surface area contributed by atoms with Gasteiger partial charge in [0.2, 0.25) is 0 Å². The summed E-state index contributed by atoms with van der Waals surface area (Å²) < 4.78 is 22.5. The van der Waals surface area contributed by atoms with Gasteiger partial charge < -0.3 is 14.6 Å². The Balaban J connectivity index is 1.48. The van der Waals surface area contributed by atoms with Crippen molar-refractivity contribution < 1.29 is 13.9 Å². The second-order valence-electron chi connectivity index (χ2n) is 8.51. The maximum absolute atomic E-state index is 15.4. The van der Waals surface area contributed by atoms with E-state index >= 15 is 4.39 Å². The first-order valence-electron chi connectivity index (χ1n) is 10.9. The van der Waals surface area contributed by atoms with Crippen molar-refractivity contribution in [2.45, 2.75) is 25.2 Å². The van der Waals surface area contributed by atoms with Gasteiger partial charge in [0, 0.05) is 42.5 Å². The van der Waals surface area contributed by atoms with Crippen molar-refractivity contribution in [2.24, 2.45) is 0 Å². The molecule has 0 spiro atoms. The van der Waals surface area contributed by atoms with Crippen molar-refractivity contribution in [1.82, 2.24) is 14.4 Å². The smallest absolute Gasteiger partial charge is 0.274 e. The van der Waals surface area contributed by atoms with E-state index in [0.29, 0.717) is 53.6 Å². The third-order valence-corrected chi connectivity index (χ3v) is 6.83. The van der Waals surface area contributed by atoms with Gasteiger partial charge in [-0.05, 0) is 49.1 Å². The molecule has 33 heavy (non-hydrogen) atoms. The molecule has 0 unspecified atom stereocenters. The molecular formula is C24H20ClFN4O3. The predicted octanol–water partition coefficient (Wildman–Crippen LogP) is 4.07. The van der Waals surface area contributed by atoms with Crippen LogP contribution >= 0.6 is 11.6 Å². The van der Waals surface area contributed by atoms with Gasteiger partial charge in [0.15, 0.2) is 0 Å². The fraction of sp³-hybridized carbons (Fsp3) is 0.292. The van der Waals surface area contributed by atoms with Crippen LogP contribution in [0.5, 0.6) is 0 Å². The minimum absolute atomic E-state index is 0.0898. The highest BCUT2D eigenvalue weighted by molar-refractivity contribution is 6.30. The molecule has 2 aliphatic heterocycles. The lowest BCUT2D eigenvalue weighted by Crippen LogP contribution is -2.29. The molecule has 4 heterocycles. The van der Waals surface area contributed by atoms with Gasteiger partial charge >= 0.3 is 0 Å². The van der Waals surface area contributed by atoms with Crippen molar-refractivity contribution in [3.8, 4) is 0 Å². The van der Waals surface area contributed by atoms with E-state index in [2.05, 4.69) is 9.97 Å². The highest BCUT2D eigenvalue weighted by Crippen LogP contribution is 2.33. The van der Waals surface area contributed by atoms with E-state index < -0.39 is 11.7 Å². The Kier molecular flexibility index (Phi) is 4.74.